The van der Waals surface area contributed by atoms with Gasteiger partial charge >= 0.3 is 0 Å². The van der Waals surface area contributed by atoms with Gasteiger partial charge in [-0.3, -0.25) is 4.40 Å². The number of fused-ring (bicyclic) bond motifs is 1. The minimum atomic E-state index is 0.549. The number of para-hydroxylation sites is 1. The van der Waals surface area contributed by atoms with Crippen molar-refractivity contribution in [1.82, 2.24) is 25.2 Å². The molecule has 1 aromatic carbocycles. The molecule has 0 aliphatic carbocycles. The number of hydrogen-bond acceptors (Lipinski definition) is 4. The number of pyridine rings is 1. The fourth-order valence-corrected chi connectivity index (χ4v) is 2.69. The number of benzene rings is 1. The van der Waals surface area contributed by atoms with E-state index in [9.17, 15) is 0 Å². The molecule has 0 amide bonds. The summed E-state index contributed by atoms with van der Waals surface area (Å²) in [5.74, 6) is 2.54. The van der Waals surface area contributed by atoms with Gasteiger partial charge < -0.3 is 15.4 Å². The number of aromatic nitrogens is 3. The Kier molecular flexibility index (Phi) is 6.03. The minimum Gasteiger partial charge on any atom is -0.496 e. The molecule has 0 aliphatic heterocycles. The summed E-state index contributed by atoms with van der Waals surface area (Å²) in [5.41, 5.74) is 1.91. The van der Waals surface area contributed by atoms with Crippen LogP contribution in [0.3, 0.4) is 0 Å². The predicted molar refractivity (Wildman–Crippen MR) is 103 cm³/mol. The standard InChI is InChI=1S/C19H24N6O/c1-3-20-19(22-14-15-8-4-5-9-16(15)26-2)21-12-11-18-24-23-17-10-6-7-13-25(17)18/h4-10,13H,3,11-12,14H2,1-2H3,(H2,20,21,22). The average Bonchev–Trinajstić information content (AvgIpc) is 3.09. The van der Waals surface area contributed by atoms with E-state index in [4.69, 9.17) is 4.74 Å². The lowest BCUT2D eigenvalue weighted by Crippen LogP contribution is -2.38. The van der Waals surface area contributed by atoms with Crippen LogP contribution in [0.1, 0.15) is 18.3 Å². The smallest absolute Gasteiger partial charge is 0.191 e. The summed E-state index contributed by atoms with van der Waals surface area (Å²) in [7, 11) is 1.68. The van der Waals surface area contributed by atoms with E-state index in [2.05, 4.69) is 25.8 Å². The molecule has 0 aliphatic rings. The lowest BCUT2D eigenvalue weighted by molar-refractivity contribution is 0.410. The van der Waals surface area contributed by atoms with Gasteiger partial charge in [-0.15, -0.1) is 10.2 Å². The third kappa shape index (κ3) is 4.30. The second-order valence-electron chi connectivity index (χ2n) is 5.73. The molecule has 2 aromatic heterocycles. The first-order valence-electron chi connectivity index (χ1n) is 8.74. The number of methoxy groups -OCH3 is 1. The molecule has 136 valence electrons. The zero-order valence-corrected chi connectivity index (χ0v) is 15.1. The van der Waals surface area contributed by atoms with Crippen molar-refractivity contribution in [3.05, 3.63) is 60.0 Å². The number of hydrogen-bond donors (Lipinski definition) is 2. The quantitative estimate of drug-likeness (QED) is 0.503. The molecule has 0 spiro atoms. The fraction of sp³-hybridized carbons (Fsp3) is 0.316. The summed E-state index contributed by atoms with van der Waals surface area (Å²) in [4.78, 5) is 4.65. The summed E-state index contributed by atoms with van der Waals surface area (Å²) in [5, 5.41) is 15.0. The SMILES string of the molecule is CCNC(=NCc1ccccc1OC)NCCc1nnc2ccccn12. The number of nitrogens with zero attached hydrogens (tertiary/aromatic N) is 4. The van der Waals surface area contributed by atoms with Gasteiger partial charge in [-0.2, -0.15) is 0 Å². The van der Waals surface area contributed by atoms with Gasteiger partial charge in [0.05, 0.1) is 13.7 Å². The van der Waals surface area contributed by atoms with Crippen molar-refractivity contribution in [1.29, 1.82) is 0 Å². The van der Waals surface area contributed by atoms with Crippen LogP contribution in [0.2, 0.25) is 0 Å². The second-order valence-corrected chi connectivity index (χ2v) is 5.73. The Bertz CT molecular complexity index is 873. The highest BCUT2D eigenvalue weighted by atomic mass is 16.5. The minimum absolute atomic E-state index is 0.549. The van der Waals surface area contributed by atoms with E-state index in [1.165, 1.54) is 0 Å². The maximum absolute atomic E-state index is 5.38. The van der Waals surface area contributed by atoms with Crippen LogP contribution in [0.4, 0.5) is 0 Å². The Balaban J connectivity index is 1.61. The first kappa shape index (κ1) is 17.7. The molecule has 3 rings (SSSR count). The van der Waals surface area contributed by atoms with E-state index in [-0.39, 0.29) is 0 Å². The number of nitrogens with one attached hydrogen (secondary N) is 2. The predicted octanol–water partition coefficient (Wildman–Crippen LogP) is 2.04. The van der Waals surface area contributed by atoms with Crippen molar-refractivity contribution >= 4 is 11.6 Å². The molecule has 26 heavy (non-hydrogen) atoms. The van der Waals surface area contributed by atoms with Crippen LogP contribution in [0.5, 0.6) is 5.75 Å². The molecule has 3 aromatic rings. The third-order valence-corrected chi connectivity index (χ3v) is 3.97. The number of rotatable bonds is 7. The molecule has 0 fully saturated rings. The van der Waals surface area contributed by atoms with Gasteiger partial charge in [0, 0.05) is 31.3 Å². The Hall–Kier alpha value is -3.09. The molecule has 0 bridgehead atoms. The van der Waals surface area contributed by atoms with Gasteiger partial charge in [0.15, 0.2) is 11.6 Å². The number of guanidine groups is 1. The molecular formula is C19H24N6O. The van der Waals surface area contributed by atoms with Gasteiger partial charge in [0.1, 0.15) is 11.6 Å². The highest BCUT2D eigenvalue weighted by molar-refractivity contribution is 5.79. The van der Waals surface area contributed by atoms with Crippen LogP contribution in [-0.4, -0.2) is 40.8 Å². The van der Waals surface area contributed by atoms with Crippen molar-refractivity contribution in [2.24, 2.45) is 4.99 Å². The van der Waals surface area contributed by atoms with Crippen molar-refractivity contribution in [2.45, 2.75) is 19.9 Å². The van der Waals surface area contributed by atoms with Crippen LogP contribution < -0.4 is 15.4 Å². The first-order valence-corrected chi connectivity index (χ1v) is 8.74. The van der Waals surface area contributed by atoms with Crippen LogP contribution >= 0.6 is 0 Å². The summed E-state index contributed by atoms with van der Waals surface area (Å²) in [6, 6.07) is 13.8. The lowest BCUT2D eigenvalue weighted by atomic mass is 10.2. The topological polar surface area (TPSA) is 75.8 Å². The normalized spacial score (nSPS) is 11.5. The maximum Gasteiger partial charge on any atom is 0.191 e. The zero-order valence-electron chi connectivity index (χ0n) is 15.1. The van der Waals surface area contributed by atoms with Gasteiger partial charge in [0.2, 0.25) is 0 Å². The molecule has 2 heterocycles. The Morgan fingerprint density at radius 3 is 2.81 bits per heavy atom. The van der Waals surface area contributed by atoms with Crippen molar-refractivity contribution < 1.29 is 4.74 Å². The Morgan fingerprint density at radius 1 is 1.12 bits per heavy atom. The van der Waals surface area contributed by atoms with Crippen LogP contribution in [0.25, 0.3) is 5.65 Å². The van der Waals surface area contributed by atoms with Crippen molar-refractivity contribution in [3.8, 4) is 5.75 Å². The van der Waals surface area contributed by atoms with Gasteiger partial charge in [-0.1, -0.05) is 24.3 Å². The Morgan fingerprint density at radius 2 is 1.96 bits per heavy atom. The van der Waals surface area contributed by atoms with Gasteiger partial charge in [-0.25, -0.2) is 4.99 Å². The number of aliphatic imine (C=N–C) groups is 1. The van der Waals surface area contributed by atoms with E-state index in [0.29, 0.717) is 13.1 Å². The van der Waals surface area contributed by atoms with E-state index in [1.807, 2.05) is 60.0 Å². The third-order valence-electron chi connectivity index (χ3n) is 3.97. The molecule has 0 saturated carbocycles. The highest BCUT2D eigenvalue weighted by Crippen LogP contribution is 2.17. The van der Waals surface area contributed by atoms with Crippen LogP contribution in [0.15, 0.2) is 53.7 Å². The van der Waals surface area contributed by atoms with Crippen LogP contribution in [-0.2, 0) is 13.0 Å². The lowest BCUT2D eigenvalue weighted by Gasteiger charge is -2.12. The maximum atomic E-state index is 5.38. The molecule has 0 unspecified atom stereocenters. The monoisotopic (exact) mass is 352 g/mol. The molecule has 0 saturated heterocycles. The van der Waals surface area contributed by atoms with Crippen molar-refractivity contribution in [3.63, 3.8) is 0 Å². The summed E-state index contributed by atoms with van der Waals surface area (Å²) in [6.07, 6.45) is 2.73. The molecular weight excluding hydrogens is 328 g/mol. The number of ether oxygens (including phenoxy) is 1. The average molecular weight is 352 g/mol. The zero-order chi connectivity index (χ0) is 18.2. The molecule has 0 radical (unpaired) electrons. The van der Waals surface area contributed by atoms with E-state index < -0.39 is 0 Å². The largest absolute Gasteiger partial charge is 0.496 e. The second kappa shape index (κ2) is 8.84. The fourth-order valence-electron chi connectivity index (χ4n) is 2.69. The van der Waals surface area contributed by atoms with Crippen molar-refractivity contribution in [2.75, 3.05) is 20.2 Å². The van der Waals surface area contributed by atoms with E-state index in [0.717, 1.165) is 41.7 Å². The van der Waals surface area contributed by atoms with Crippen LogP contribution in [0, 0.1) is 0 Å². The van der Waals surface area contributed by atoms with Gasteiger partial charge in [0.25, 0.3) is 0 Å². The summed E-state index contributed by atoms with van der Waals surface area (Å²) < 4.78 is 7.38. The Labute approximate surface area is 153 Å². The summed E-state index contributed by atoms with van der Waals surface area (Å²) in [6.45, 7) is 4.11. The molecule has 0 atom stereocenters. The van der Waals surface area contributed by atoms with Gasteiger partial charge in [-0.05, 0) is 25.1 Å². The summed E-state index contributed by atoms with van der Waals surface area (Å²) >= 11 is 0. The molecule has 7 nitrogen and oxygen atoms in total. The first-order chi connectivity index (χ1) is 12.8. The molecule has 7 heteroatoms. The van der Waals surface area contributed by atoms with E-state index in [1.54, 1.807) is 7.11 Å². The highest BCUT2D eigenvalue weighted by Gasteiger charge is 2.05. The van der Waals surface area contributed by atoms with E-state index >= 15 is 0 Å². The molecule has 2 N–H and O–H groups in total.